The van der Waals surface area contributed by atoms with Crippen molar-refractivity contribution in [3.05, 3.63) is 12.4 Å². The van der Waals surface area contributed by atoms with E-state index in [1.54, 1.807) is 0 Å². The van der Waals surface area contributed by atoms with Gasteiger partial charge in [-0.1, -0.05) is 265 Å². The Balaban J connectivity index is 2.19. The lowest BCUT2D eigenvalue weighted by Crippen LogP contribution is -2.39. The highest BCUT2D eigenvalue weighted by atomic mass is 15.4. The van der Waals surface area contributed by atoms with Crippen LogP contribution >= 0.6 is 0 Å². The molecule has 0 saturated heterocycles. The Bertz CT molecular complexity index is 688. The van der Waals surface area contributed by atoms with Crippen LogP contribution in [0.5, 0.6) is 0 Å². The molecule has 1 atom stereocenters. The van der Waals surface area contributed by atoms with Gasteiger partial charge in [-0.2, -0.15) is 0 Å². The first-order chi connectivity index (χ1) is 25.8. The van der Waals surface area contributed by atoms with Crippen LogP contribution in [0.3, 0.4) is 0 Å². The topological polar surface area (TPSA) is 6.48 Å². The molecule has 2 nitrogen and oxygen atoms in total. The average molecular weight is 729 g/mol. The van der Waals surface area contributed by atoms with Crippen molar-refractivity contribution in [2.24, 2.45) is 0 Å². The normalized spacial score (nSPS) is 14.4. The van der Waals surface area contributed by atoms with Crippen LogP contribution in [-0.4, -0.2) is 29.1 Å². The first-order valence-corrected chi connectivity index (χ1v) is 25.0. The lowest BCUT2D eigenvalue weighted by molar-refractivity contribution is 0.135. The smallest absolute Gasteiger partial charge is 0.101 e. The summed E-state index contributed by atoms with van der Waals surface area (Å²) >= 11 is 0. The van der Waals surface area contributed by atoms with E-state index in [0.717, 1.165) is 0 Å². The fraction of sp³-hybridized carbons (Fsp3) is 0.960. The summed E-state index contributed by atoms with van der Waals surface area (Å²) in [6, 6.07) is 0. The number of hydrogen-bond acceptors (Lipinski definition) is 2. The summed E-state index contributed by atoms with van der Waals surface area (Å²) in [5.74, 6) is 0. The van der Waals surface area contributed by atoms with Crippen LogP contribution in [0.4, 0.5) is 0 Å². The molecule has 1 heterocycles. The lowest BCUT2D eigenvalue weighted by Gasteiger charge is -2.33. The summed E-state index contributed by atoms with van der Waals surface area (Å²) in [6.07, 6.45) is 66.4. The molecule has 0 aromatic rings. The highest BCUT2D eigenvalue weighted by molar-refractivity contribution is 4.97. The molecular formula is C50H100N2. The van der Waals surface area contributed by atoms with Gasteiger partial charge in [0.15, 0.2) is 0 Å². The third-order valence-electron chi connectivity index (χ3n) is 12.3. The Morgan fingerprint density at radius 3 is 0.673 bits per heavy atom. The van der Waals surface area contributed by atoms with Crippen LogP contribution in [0.2, 0.25) is 0 Å². The average Bonchev–Trinajstić information content (AvgIpc) is 3.54. The van der Waals surface area contributed by atoms with E-state index in [2.05, 4.69) is 43.0 Å². The van der Waals surface area contributed by atoms with Crippen molar-refractivity contribution in [3.8, 4) is 0 Å². The van der Waals surface area contributed by atoms with Crippen molar-refractivity contribution in [1.82, 2.24) is 9.80 Å². The summed E-state index contributed by atoms with van der Waals surface area (Å²) in [4.78, 5) is 5.48. The zero-order chi connectivity index (χ0) is 37.3. The molecule has 1 aliphatic heterocycles. The second-order valence-electron chi connectivity index (χ2n) is 17.5. The van der Waals surface area contributed by atoms with E-state index in [0.29, 0.717) is 6.17 Å². The van der Waals surface area contributed by atoms with Crippen molar-refractivity contribution in [1.29, 1.82) is 0 Å². The van der Waals surface area contributed by atoms with Gasteiger partial charge in [0, 0.05) is 25.5 Å². The van der Waals surface area contributed by atoms with Crippen molar-refractivity contribution in [3.63, 3.8) is 0 Å². The van der Waals surface area contributed by atoms with E-state index < -0.39 is 0 Å². The molecule has 1 aliphatic rings. The van der Waals surface area contributed by atoms with Gasteiger partial charge in [0.1, 0.15) is 6.17 Å². The predicted octanol–water partition coefficient (Wildman–Crippen LogP) is 17.8. The molecule has 0 aromatic heterocycles. The first-order valence-electron chi connectivity index (χ1n) is 25.0. The highest BCUT2D eigenvalue weighted by Gasteiger charge is 2.24. The summed E-state index contributed by atoms with van der Waals surface area (Å²) in [6.45, 7) is 9.49. The molecule has 0 spiro atoms. The molecule has 1 rings (SSSR count). The number of unbranched alkanes of at least 4 members (excludes halogenated alkanes) is 38. The molecular weight excluding hydrogens is 629 g/mol. The van der Waals surface area contributed by atoms with E-state index >= 15 is 0 Å². The van der Waals surface area contributed by atoms with Crippen molar-refractivity contribution < 1.29 is 0 Å². The fourth-order valence-electron chi connectivity index (χ4n) is 8.66. The number of nitrogens with zero attached hydrogens (tertiary/aromatic N) is 2. The minimum atomic E-state index is 0.636. The van der Waals surface area contributed by atoms with Crippen molar-refractivity contribution in [2.45, 2.75) is 297 Å². The SMILES string of the molecule is CCCCCCCCCCCCCCCCCCC1N(CCCCCCCCCCCCC)C=CN1CCCCCCCCCCCCCCCC. The van der Waals surface area contributed by atoms with Gasteiger partial charge in [0.25, 0.3) is 0 Å². The van der Waals surface area contributed by atoms with Gasteiger partial charge in [-0.15, -0.1) is 0 Å². The lowest BCUT2D eigenvalue weighted by atomic mass is 10.0. The monoisotopic (exact) mass is 729 g/mol. The van der Waals surface area contributed by atoms with Gasteiger partial charge in [0.05, 0.1) is 0 Å². The molecule has 0 bridgehead atoms. The molecule has 0 fully saturated rings. The Morgan fingerprint density at radius 1 is 0.250 bits per heavy atom. The second-order valence-corrected chi connectivity index (χ2v) is 17.5. The molecule has 0 saturated carbocycles. The van der Waals surface area contributed by atoms with Gasteiger partial charge in [-0.25, -0.2) is 0 Å². The Labute approximate surface area is 330 Å². The Kier molecular flexibility index (Phi) is 39.4. The maximum atomic E-state index is 2.74. The second kappa shape index (κ2) is 41.5. The van der Waals surface area contributed by atoms with Gasteiger partial charge in [0.2, 0.25) is 0 Å². The van der Waals surface area contributed by atoms with Crippen LogP contribution in [0, 0.1) is 0 Å². The van der Waals surface area contributed by atoms with Crippen LogP contribution in [0.1, 0.15) is 290 Å². The van der Waals surface area contributed by atoms with Gasteiger partial charge in [-0.05, 0) is 25.7 Å². The predicted molar refractivity (Wildman–Crippen MR) is 237 cm³/mol. The zero-order valence-corrected chi connectivity index (χ0v) is 36.7. The van der Waals surface area contributed by atoms with E-state index in [1.807, 2.05) is 0 Å². The molecule has 310 valence electrons. The van der Waals surface area contributed by atoms with Crippen LogP contribution in [0.15, 0.2) is 12.4 Å². The number of hydrogen-bond donors (Lipinski definition) is 0. The molecule has 0 radical (unpaired) electrons. The van der Waals surface area contributed by atoms with Gasteiger partial charge in [-0.3, -0.25) is 0 Å². The molecule has 0 aromatic carbocycles. The largest absolute Gasteiger partial charge is 0.356 e. The third kappa shape index (κ3) is 32.7. The molecule has 2 heteroatoms. The standard InChI is InChI=1S/C50H100N2/c1-4-7-10-13-16-19-22-24-26-27-28-30-33-36-39-42-45-50-51(46-43-40-37-34-31-21-18-15-12-9-6-3)48-49-52(50)47-44-41-38-35-32-29-25-23-20-17-14-11-8-5-2/h48-50H,4-47H2,1-3H3. The molecule has 52 heavy (non-hydrogen) atoms. The third-order valence-corrected chi connectivity index (χ3v) is 12.3. The fourth-order valence-corrected chi connectivity index (χ4v) is 8.66. The van der Waals surface area contributed by atoms with Gasteiger partial charge < -0.3 is 9.80 Å². The Morgan fingerprint density at radius 2 is 0.442 bits per heavy atom. The summed E-state index contributed by atoms with van der Waals surface area (Å²) in [7, 11) is 0. The Hall–Kier alpha value is -0.660. The van der Waals surface area contributed by atoms with Gasteiger partial charge >= 0.3 is 0 Å². The summed E-state index contributed by atoms with van der Waals surface area (Å²) in [5, 5.41) is 0. The van der Waals surface area contributed by atoms with Crippen molar-refractivity contribution in [2.75, 3.05) is 13.1 Å². The van der Waals surface area contributed by atoms with Crippen molar-refractivity contribution >= 4 is 0 Å². The number of rotatable bonds is 44. The molecule has 0 amide bonds. The molecule has 1 unspecified atom stereocenters. The first kappa shape index (κ1) is 49.4. The maximum absolute atomic E-state index is 2.74. The minimum absolute atomic E-state index is 0.636. The highest BCUT2D eigenvalue weighted by Crippen LogP contribution is 2.24. The molecule has 0 N–H and O–H groups in total. The minimum Gasteiger partial charge on any atom is -0.356 e. The molecule has 0 aliphatic carbocycles. The van der Waals surface area contributed by atoms with E-state index in [-0.39, 0.29) is 0 Å². The zero-order valence-electron chi connectivity index (χ0n) is 36.7. The summed E-state index contributed by atoms with van der Waals surface area (Å²) < 4.78 is 0. The maximum Gasteiger partial charge on any atom is 0.101 e. The quantitative estimate of drug-likeness (QED) is 0.0576. The van der Waals surface area contributed by atoms with E-state index in [4.69, 9.17) is 0 Å². The van der Waals surface area contributed by atoms with Crippen LogP contribution < -0.4 is 0 Å². The van der Waals surface area contributed by atoms with Crippen LogP contribution in [0.25, 0.3) is 0 Å². The van der Waals surface area contributed by atoms with E-state index in [9.17, 15) is 0 Å². The van der Waals surface area contributed by atoms with E-state index in [1.165, 1.54) is 283 Å². The van der Waals surface area contributed by atoms with Crippen LogP contribution in [-0.2, 0) is 0 Å². The summed E-state index contributed by atoms with van der Waals surface area (Å²) in [5.41, 5.74) is 0.